The fraction of sp³-hybridized carbons (Fsp3) is 0.333. The first-order valence-electron chi connectivity index (χ1n) is 9.41. The molecule has 2 N–H and O–H groups in total. The molecule has 29 heavy (non-hydrogen) atoms. The number of carbonyl (C=O) groups excluding carboxylic acids is 2. The van der Waals surface area contributed by atoms with Gasteiger partial charge in [-0.2, -0.15) is 0 Å². The summed E-state index contributed by atoms with van der Waals surface area (Å²) >= 11 is 12.1. The SMILES string of the molecule is O=C(CN1CCC(C(=O)NCc2ccc(F)cc2)CC1)Nc1cccc(Cl)c1Cl. The highest BCUT2D eigenvalue weighted by Crippen LogP contribution is 2.29. The molecule has 5 nitrogen and oxygen atoms in total. The summed E-state index contributed by atoms with van der Waals surface area (Å²) in [4.78, 5) is 26.7. The average Bonchev–Trinajstić information content (AvgIpc) is 2.71. The van der Waals surface area contributed by atoms with E-state index in [2.05, 4.69) is 10.6 Å². The number of nitrogens with one attached hydrogen (secondary N) is 2. The monoisotopic (exact) mass is 437 g/mol. The van der Waals surface area contributed by atoms with E-state index in [9.17, 15) is 14.0 Å². The van der Waals surface area contributed by atoms with Crippen LogP contribution < -0.4 is 10.6 Å². The van der Waals surface area contributed by atoms with Crippen LogP contribution in [-0.2, 0) is 16.1 Å². The number of anilines is 1. The van der Waals surface area contributed by atoms with Crippen LogP contribution in [0.2, 0.25) is 10.0 Å². The van der Waals surface area contributed by atoms with Gasteiger partial charge in [0.05, 0.1) is 22.3 Å². The van der Waals surface area contributed by atoms with Gasteiger partial charge in [0.25, 0.3) is 0 Å². The maximum absolute atomic E-state index is 12.9. The molecule has 0 bridgehead atoms. The number of carbonyl (C=O) groups is 2. The summed E-state index contributed by atoms with van der Waals surface area (Å²) in [5.41, 5.74) is 1.34. The van der Waals surface area contributed by atoms with Gasteiger partial charge in [-0.25, -0.2) is 4.39 Å². The summed E-state index contributed by atoms with van der Waals surface area (Å²) in [5.74, 6) is -0.566. The molecule has 154 valence electrons. The van der Waals surface area contributed by atoms with Gasteiger partial charge in [-0.05, 0) is 55.8 Å². The van der Waals surface area contributed by atoms with Gasteiger partial charge in [-0.15, -0.1) is 0 Å². The maximum atomic E-state index is 12.9. The van der Waals surface area contributed by atoms with Crippen molar-refractivity contribution < 1.29 is 14.0 Å². The summed E-state index contributed by atoms with van der Waals surface area (Å²) in [6, 6.07) is 11.1. The number of amides is 2. The minimum atomic E-state index is -0.297. The van der Waals surface area contributed by atoms with Crippen molar-refractivity contribution in [3.63, 3.8) is 0 Å². The number of nitrogens with zero attached hydrogens (tertiary/aromatic N) is 1. The van der Waals surface area contributed by atoms with Crippen LogP contribution in [0.1, 0.15) is 18.4 Å². The van der Waals surface area contributed by atoms with E-state index in [0.717, 1.165) is 5.56 Å². The number of benzene rings is 2. The normalized spacial score (nSPS) is 15.1. The fourth-order valence-corrected chi connectivity index (χ4v) is 3.63. The summed E-state index contributed by atoms with van der Waals surface area (Å²) in [6.45, 7) is 1.92. The molecular formula is C21H22Cl2FN3O2. The van der Waals surface area contributed by atoms with E-state index in [-0.39, 0.29) is 30.1 Å². The van der Waals surface area contributed by atoms with Gasteiger partial charge >= 0.3 is 0 Å². The molecule has 0 radical (unpaired) electrons. The van der Waals surface area contributed by atoms with Crippen LogP contribution >= 0.6 is 23.2 Å². The first-order chi connectivity index (χ1) is 13.9. The van der Waals surface area contributed by atoms with Crippen molar-refractivity contribution in [2.45, 2.75) is 19.4 Å². The lowest BCUT2D eigenvalue weighted by atomic mass is 9.96. The predicted octanol–water partition coefficient (Wildman–Crippen LogP) is 4.10. The van der Waals surface area contributed by atoms with Crippen molar-refractivity contribution in [3.8, 4) is 0 Å². The molecule has 1 saturated heterocycles. The van der Waals surface area contributed by atoms with Crippen molar-refractivity contribution in [2.75, 3.05) is 25.0 Å². The quantitative estimate of drug-likeness (QED) is 0.714. The lowest BCUT2D eigenvalue weighted by Gasteiger charge is -2.30. The lowest BCUT2D eigenvalue weighted by molar-refractivity contribution is -0.126. The maximum Gasteiger partial charge on any atom is 0.238 e. The topological polar surface area (TPSA) is 61.4 Å². The minimum Gasteiger partial charge on any atom is -0.352 e. The van der Waals surface area contributed by atoms with E-state index >= 15 is 0 Å². The van der Waals surface area contributed by atoms with Gasteiger partial charge < -0.3 is 10.6 Å². The highest BCUT2D eigenvalue weighted by atomic mass is 35.5. The molecule has 8 heteroatoms. The van der Waals surface area contributed by atoms with E-state index in [1.165, 1.54) is 12.1 Å². The molecule has 0 aromatic heterocycles. The zero-order valence-electron chi connectivity index (χ0n) is 15.8. The fourth-order valence-electron chi connectivity index (χ4n) is 3.28. The summed E-state index contributed by atoms with van der Waals surface area (Å²) < 4.78 is 12.9. The molecule has 1 fully saturated rings. The van der Waals surface area contributed by atoms with Gasteiger partial charge in [0.2, 0.25) is 11.8 Å². The van der Waals surface area contributed by atoms with Gasteiger partial charge in [0.15, 0.2) is 0 Å². The Morgan fingerprint density at radius 3 is 2.45 bits per heavy atom. The molecule has 2 aromatic carbocycles. The van der Waals surface area contributed by atoms with Gasteiger partial charge in [-0.1, -0.05) is 41.4 Å². The van der Waals surface area contributed by atoms with Crippen LogP contribution in [-0.4, -0.2) is 36.3 Å². The van der Waals surface area contributed by atoms with Gasteiger partial charge in [0, 0.05) is 12.5 Å². The van der Waals surface area contributed by atoms with Crippen LogP contribution in [0.4, 0.5) is 10.1 Å². The second-order valence-electron chi connectivity index (χ2n) is 7.04. The number of piperidine rings is 1. The van der Waals surface area contributed by atoms with Crippen LogP contribution in [0, 0.1) is 11.7 Å². The van der Waals surface area contributed by atoms with E-state index in [0.29, 0.717) is 48.2 Å². The van der Waals surface area contributed by atoms with Crippen molar-refractivity contribution in [1.82, 2.24) is 10.2 Å². The Labute approximate surface area is 179 Å². The Morgan fingerprint density at radius 1 is 1.07 bits per heavy atom. The summed E-state index contributed by atoms with van der Waals surface area (Å²) in [7, 11) is 0. The third-order valence-corrected chi connectivity index (χ3v) is 5.75. The van der Waals surface area contributed by atoms with Crippen LogP contribution in [0.25, 0.3) is 0 Å². The Hall–Kier alpha value is -2.15. The highest BCUT2D eigenvalue weighted by molar-refractivity contribution is 6.44. The second kappa shape index (κ2) is 10.1. The van der Waals surface area contributed by atoms with Crippen LogP contribution in [0.5, 0.6) is 0 Å². The molecule has 1 heterocycles. The number of hydrogen-bond acceptors (Lipinski definition) is 3. The molecule has 0 aliphatic carbocycles. The third kappa shape index (κ3) is 6.16. The van der Waals surface area contributed by atoms with E-state index in [1.807, 2.05) is 4.90 Å². The average molecular weight is 438 g/mol. The number of likely N-dealkylation sites (tertiary alicyclic amines) is 1. The molecule has 2 amide bonds. The van der Waals surface area contributed by atoms with E-state index in [1.54, 1.807) is 30.3 Å². The first-order valence-corrected chi connectivity index (χ1v) is 10.2. The molecule has 1 aliphatic heterocycles. The molecular weight excluding hydrogens is 416 g/mol. The summed E-state index contributed by atoms with van der Waals surface area (Å²) in [5, 5.41) is 6.38. The summed E-state index contributed by atoms with van der Waals surface area (Å²) in [6.07, 6.45) is 1.36. The van der Waals surface area contributed by atoms with Crippen molar-refractivity contribution in [1.29, 1.82) is 0 Å². The number of hydrogen-bond donors (Lipinski definition) is 2. The van der Waals surface area contributed by atoms with Crippen molar-refractivity contribution >= 4 is 40.7 Å². The second-order valence-corrected chi connectivity index (χ2v) is 7.83. The van der Waals surface area contributed by atoms with Crippen molar-refractivity contribution in [2.24, 2.45) is 5.92 Å². The molecule has 3 rings (SSSR count). The number of rotatable bonds is 6. The Balaban J connectivity index is 1.41. The van der Waals surface area contributed by atoms with Crippen molar-refractivity contribution in [3.05, 3.63) is 63.9 Å². The van der Waals surface area contributed by atoms with Gasteiger partial charge in [-0.3, -0.25) is 14.5 Å². The molecule has 1 aliphatic rings. The van der Waals surface area contributed by atoms with Crippen LogP contribution in [0.3, 0.4) is 0 Å². The minimum absolute atomic E-state index is 0.0101. The zero-order valence-corrected chi connectivity index (χ0v) is 17.3. The third-order valence-electron chi connectivity index (χ3n) is 4.93. The zero-order chi connectivity index (χ0) is 20.8. The predicted molar refractivity (Wildman–Crippen MR) is 113 cm³/mol. The van der Waals surface area contributed by atoms with Gasteiger partial charge in [0.1, 0.15) is 5.82 Å². The molecule has 2 aromatic rings. The molecule has 0 saturated carbocycles. The van der Waals surface area contributed by atoms with E-state index < -0.39 is 0 Å². The standard InChI is InChI=1S/C21H22Cl2FN3O2/c22-17-2-1-3-18(20(17)23)26-19(28)13-27-10-8-15(9-11-27)21(29)25-12-14-4-6-16(24)7-5-14/h1-7,15H,8-13H2,(H,25,29)(H,26,28). The lowest BCUT2D eigenvalue weighted by Crippen LogP contribution is -2.43. The Kier molecular flexibility index (Phi) is 7.47. The smallest absolute Gasteiger partial charge is 0.238 e. The molecule has 0 spiro atoms. The Morgan fingerprint density at radius 2 is 1.76 bits per heavy atom. The molecule has 0 unspecified atom stereocenters. The van der Waals surface area contributed by atoms with Crippen LogP contribution in [0.15, 0.2) is 42.5 Å². The largest absolute Gasteiger partial charge is 0.352 e. The van der Waals surface area contributed by atoms with E-state index in [4.69, 9.17) is 23.2 Å². The number of halogens is 3. The first kappa shape index (κ1) is 21.6. The Bertz CT molecular complexity index is 869. The molecule has 0 atom stereocenters. The highest BCUT2D eigenvalue weighted by Gasteiger charge is 2.26.